The zero-order valence-corrected chi connectivity index (χ0v) is 14.2. The minimum Gasteiger partial charge on any atom is -0.467 e. The maximum atomic E-state index is 9.44. The Labute approximate surface area is 133 Å². The average Bonchev–Trinajstić information content (AvgIpc) is 2.44. The highest BCUT2D eigenvalue weighted by molar-refractivity contribution is 14.1. The van der Waals surface area contributed by atoms with Crippen LogP contribution in [0.2, 0.25) is 0 Å². The summed E-state index contributed by atoms with van der Waals surface area (Å²) in [5, 5.41) is 9.44. The van der Waals surface area contributed by atoms with Gasteiger partial charge in [-0.15, -0.1) is 0 Å². The number of rotatable bonds is 9. The van der Waals surface area contributed by atoms with Crippen LogP contribution >= 0.6 is 22.6 Å². The standard InChI is InChI=1S/C14H21IO5/c1-4-17-8-19-13-10(3)14(20-9-18-5-2)12(15)6-11(13)7-16/h6,16H,4-5,7-9H2,1-3H3. The summed E-state index contributed by atoms with van der Waals surface area (Å²) in [7, 11) is 0. The average molecular weight is 396 g/mol. The van der Waals surface area contributed by atoms with Crippen molar-refractivity contribution in [1.29, 1.82) is 0 Å². The van der Waals surface area contributed by atoms with Crippen LogP contribution in [-0.4, -0.2) is 31.9 Å². The van der Waals surface area contributed by atoms with Crippen molar-refractivity contribution in [2.75, 3.05) is 26.8 Å². The van der Waals surface area contributed by atoms with E-state index in [1.54, 1.807) is 0 Å². The Bertz CT molecular complexity index is 423. The van der Waals surface area contributed by atoms with E-state index in [1.165, 1.54) is 0 Å². The lowest BCUT2D eigenvalue weighted by Gasteiger charge is -2.18. The van der Waals surface area contributed by atoms with Gasteiger partial charge in [-0.25, -0.2) is 0 Å². The van der Waals surface area contributed by atoms with Gasteiger partial charge >= 0.3 is 0 Å². The molecule has 0 spiro atoms. The molecule has 5 nitrogen and oxygen atoms in total. The molecule has 0 aromatic heterocycles. The molecule has 0 atom stereocenters. The Morgan fingerprint density at radius 1 is 1.05 bits per heavy atom. The van der Waals surface area contributed by atoms with E-state index in [4.69, 9.17) is 18.9 Å². The van der Waals surface area contributed by atoms with Gasteiger partial charge in [0.1, 0.15) is 11.5 Å². The van der Waals surface area contributed by atoms with Gasteiger partial charge in [0.15, 0.2) is 13.6 Å². The lowest BCUT2D eigenvalue weighted by Crippen LogP contribution is -2.09. The summed E-state index contributed by atoms with van der Waals surface area (Å²) in [5.74, 6) is 1.32. The smallest absolute Gasteiger partial charge is 0.189 e. The molecule has 0 amide bonds. The Morgan fingerprint density at radius 2 is 1.60 bits per heavy atom. The minimum atomic E-state index is -0.0932. The second-order valence-electron chi connectivity index (χ2n) is 3.97. The highest BCUT2D eigenvalue weighted by atomic mass is 127. The molecule has 0 saturated heterocycles. The highest BCUT2D eigenvalue weighted by Crippen LogP contribution is 2.36. The van der Waals surface area contributed by atoms with Crippen LogP contribution in [0.4, 0.5) is 0 Å². The van der Waals surface area contributed by atoms with Gasteiger partial charge in [0.05, 0.1) is 10.2 Å². The summed E-state index contributed by atoms with van der Waals surface area (Å²) in [6.07, 6.45) is 0. The first-order valence-corrected chi connectivity index (χ1v) is 7.57. The number of aliphatic hydroxyl groups is 1. The van der Waals surface area contributed by atoms with E-state index in [2.05, 4.69) is 22.6 Å². The molecule has 6 heteroatoms. The van der Waals surface area contributed by atoms with E-state index in [-0.39, 0.29) is 20.2 Å². The van der Waals surface area contributed by atoms with Gasteiger partial charge in [-0.2, -0.15) is 0 Å². The van der Waals surface area contributed by atoms with Crippen molar-refractivity contribution in [3.05, 3.63) is 20.8 Å². The monoisotopic (exact) mass is 396 g/mol. The largest absolute Gasteiger partial charge is 0.467 e. The van der Waals surface area contributed by atoms with Crippen LogP contribution < -0.4 is 9.47 Å². The van der Waals surface area contributed by atoms with Gasteiger partial charge in [0.25, 0.3) is 0 Å². The first kappa shape index (κ1) is 17.5. The van der Waals surface area contributed by atoms with Crippen molar-refractivity contribution >= 4 is 22.6 Å². The molecule has 0 saturated carbocycles. The number of aliphatic hydroxyl groups excluding tert-OH is 1. The van der Waals surface area contributed by atoms with Gasteiger partial charge in [-0.3, -0.25) is 0 Å². The highest BCUT2D eigenvalue weighted by Gasteiger charge is 2.16. The normalized spacial score (nSPS) is 10.7. The number of benzene rings is 1. The summed E-state index contributed by atoms with van der Waals surface area (Å²) in [6.45, 7) is 7.12. The zero-order valence-electron chi connectivity index (χ0n) is 12.1. The predicted octanol–water partition coefficient (Wildman–Crippen LogP) is 2.84. The third-order valence-electron chi connectivity index (χ3n) is 2.64. The predicted molar refractivity (Wildman–Crippen MR) is 84.1 cm³/mol. The van der Waals surface area contributed by atoms with Gasteiger partial charge in [0.2, 0.25) is 0 Å². The van der Waals surface area contributed by atoms with E-state index in [0.29, 0.717) is 24.7 Å². The summed E-state index contributed by atoms with van der Waals surface area (Å²) >= 11 is 2.17. The van der Waals surface area contributed by atoms with Crippen molar-refractivity contribution < 1.29 is 24.1 Å². The summed E-state index contributed by atoms with van der Waals surface area (Å²) in [4.78, 5) is 0. The third kappa shape index (κ3) is 4.76. The van der Waals surface area contributed by atoms with Crippen LogP contribution in [0.5, 0.6) is 11.5 Å². The number of halogens is 1. The van der Waals surface area contributed by atoms with E-state index in [1.807, 2.05) is 26.8 Å². The lowest BCUT2D eigenvalue weighted by atomic mass is 10.1. The van der Waals surface area contributed by atoms with Crippen LogP contribution in [0.1, 0.15) is 25.0 Å². The number of hydrogen-bond acceptors (Lipinski definition) is 5. The minimum absolute atomic E-state index is 0.0932. The molecule has 1 rings (SSSR count). The Morgan fingerprint density at radius 3 is 2.10 bits per heavy atom. The fourth-order valence-corrected chi connectivity index (χ4v) is 2.61. The second-order valence-corrected chi connectivity index (χ2v) is 5.13. The van der Waals surface area contributed by atoms with E-state index < -0.39 is 0 Å². The first-order valence-electron chi connectivity index (χ1n) is 6.49. The Balaban J connectivity index is 2.96. The molecule has 0 bridgehead atoms. The SMILES string of the molecule is CCOCOc1c(I)cc(CO)c(OCOCC)c1C. The van der Waals surface area contributed by atoms with E-state index in [0.717, 1.165) is 14.7 Å². The quantitative estimate of drug-likeness (QED) is 0.395. The van der Waals surface area contributed by atoms with Gasteiger partial charge in [-0.1, -0.05) is 0 Å². The zero-order chi connectivity index (χ0) is 15.0. The van der Waals surface area contributed by atoms with Crippen molar-refractivity contribution in [3.8, 4) is 11.5 Å². The van der Waals surface area contributed by atoms with Crippen LogP contribution in [0.3, 0.4) is 0 Å². The third-order valence-corrected chi connectivity index (χ3v) is 3.44. The van der Waals surface area contributed by atoms with Crippen LogP contribution in [-0.2, 0) is 16.1 Å². The molecular formula is C14H21IO5. The molecule has 0 unspecified atom stereocenters. The van der Waals surface area contributed by atoms with E-state index in [9.17, 15) is 5.11 Å². The van der Waals surface area contributed by atoms with Crippen LogP contribution in [0.15, 0.2) is 6.07 Å². The molecule has 1 aromatic carbocycles. The molecule has 1 N–H and O–H groups in total. The Kier molecular flexibility index (Phi) is 8.20. The van der Waals surface area contributed by atoms with Crippen LogP contribution in [0, 0.1) is 10.5 Å². The topological polar surface area (TPSA) is 57.2 Å². The molecule has 1 aromatic rings. The molecule has 0 aliphatic rings. The first-order chi connectivity index (χ1) is 9.65. The van der Waals surface area contributed by atoms with Crippen molar-refractivity contribution in [2.45, 2.75) is 27.4 Å². The second kappa shape index (κ2) is 9.38. The number of ether oxygens (including phenoxy) is 4. The number of hydrogen-bond donors (Lipinski definition) is 1. The molecule has 0 heterocycles. The van der Waals surface area contributed by atoms with Gasteiger partial charge < -0.3 is 24.1 Å². The van der Waals surface area contributed by atoms with Gasteiger partial charge in [-0.05, 0) is 49.4 Å². The molecule has 0 radical (unpaired) electrons. The summed E-state index contributed by atoms with van der Waals surface area (Å²) in [5.41, 5.74) is 1.55. The maximum Gasteiger partial charge on any atom is 0.189 e. The molecule has 0 fully saturated rings. The fourth-order valence-electron chi connectivity index (χ4n) is 1.67. The molecule has 0 aliphatic carbocycles. The maximum absolute atomic E-state index is 9.44. The fraction of sp³-hybridized carbons (Fsp3) is 0.571. The Hall–Kier alpha value is -0.570. The molecule has 20 heavy (non-hydrogen) atoms. The van der Waals surface area contributed by atoms with Crippen LogP contribution in [0.25, 0.3) is 0 Å². The molecule has 114 valence electrons. The summed E-state index contributed by atoms with van der Waals surface area (Å²) in [6, 6.07) is 1.84. The summed E-state index contributed by atoms with van der Waals surface area (Å²) < 4.78 is 22.5. The lowest BCUT2D eigenvalue weighted by molar-refractivity contribution is 0.0162. The van der Waals surface area contributed by atoms with E-state index >= 15 is 0 Å². The molecular weight excluding hydrogens is 375 g/mol. The van der Waals surface area contributed by atoms with Gasteiger partial charge in [0, 0.05) is 24.3 Å². The van der Waals surface area contributed by atoms with Crippen molar-refractivity contribution in [2.24, 2.45) is 0 Å². The van der Waals surface area contributed by atoms with Crippen molar-refractivity contribution in [3.63, 3.8) is 0 Å². The molecule has 0 aliphatic heterocycles. The van der Waals surface area contributed by atoms with Crippen molar-refractivity contribution in [1.82, 2.24) is 0 Å².